The predicted molar refractivity (Wildman–Crippen MR) is 55.8 cm³/mol. The summed E-state index contributed by atoms with van der Waals surface area (Å²) in [7, 11) is 0. The van der Waals surface area contributed by atoms with Crippen LogP contribution in [0, 0.1) is 11.3 Å². The first-order valence-corrected chi connectivity index (χ1v) is 4.77. The Balaban J connectivity index is 2.62. The van der Waals surface area contributed by atoms with E-state index in [1.165, 1.54) is 11.3 Å². The molecule has 3 nitrogen and oxygen atoms in total. The number of fused-ring (bicyclic) bond motifs is 1. The third kappa shape index (κ3) is 1.34. The van der Waals surface area contributed by atoms with E-state index in [2.05, 4.69) is 4.98 Å². The average Bonchev–Trinajstić information content (AvgIpc) is 2.63. The van der Waals surface area contributed by atoms with Crippen molar-refractivity contribution in [2.45, 2.75) is 0 Å². The lowest BCUT2D eigenvalue weighted by Gasteiger charge is -1.85. The van der Waals surface area contributed by atoms with Crippen LogP contribution in [-0.2, 0) is 0 Å². The van der Waals surface area contributed by atoms with Crippen LogP contribution in [0.4, 0.5) is 0 Å². The SMILES string of the molecule is N#CC(=CO)c1nc2ccccc2s1. The molecule has 68 valence electrons. The molecular formula is C10H6N2OS. The van der Waals surface area contributed by atoms with E-state index < -0.39 is 0 Å². The van der Waals surface area contributed by atoms with E-state index in [0.29, 0.717) is 5.01 Å². The van der Waals surface area contributed by atoms with Crippen molar-refractivity contribution in [3.8, 4) is 6.07 Å². The Morgan fingerprint density at radius 1 is 1.50 bits per heavy atom. The van der Waals surface area contributed by atoms with Crippen LogP contribution < -0.4 is 0 Å². The summed E-state index contributed by atoms with van der Waals surface area (Å²) in [4.78, 5) is 4.22. The van der Waals surface area contributed by atoms with Gasteiger partial charge in [0.05, 0.1) is 10.2 Å². The zero-order chi connectivity index (χ0) is 9.97. The zero-order valence-corrected chi connectivity index (χ0v) is 7.95. The highest BCUT2D eigenvalue weighted by molar-refractivity contribution is 7.19. The van der Waals surface area contributed by atoms with Crippen LogP contribution in [0.2, 0.25) is 0 Å². The van der Waals surface area contributed by atoms with E-state index in [9.17, 15) is 0 Å². The highest BCUT2D eigenvalue weighted by Crippen LogP contribution is 2.26. The summed E-state index contributed by atoms with van der Waals surface area (Å²) < 4.78 is 1.01. The summed E-state index contributed by atoms with van der Waals surface area (Å²) in [6.45, 7) is 0. The number of hydrogen-bond acceptors (Lipinski definition) is 4. The van der Waals surface area contributed by atoms with Crippen LogP contribution in [-0.4, -0.2) is 10.1 Å². The normalized spacial score (nSPS) is 11.5. The first-order chi connectivity index (χ1) is 6.85. The fourth-order valence-electron chi connectivity index (χ4n) is 1.12. The van der Waals surface area contributed by atoms with Crippen LogP contribution >= 0.6 is 11.3 Å². The Morgan fingerprint density at radius 3 is 2.93 bits per heavy atom. The number of nitriles is 1. The Bertz CT molecular complexity index is 503. The van der Waals surface area contributed by atoms with Gasteiger partial charge in [-0.05, 0) is 12.1 Å². The smallest absolute Gasteiger partial charge is 0.138 e. The number of benzene rings is 1. The summed E-state index contributed by atoms with van der Waals surface area (Å²) >= 11 is 1.39. The molecule has 0 aliphatic rings. The van der Waals surface area contributed by atoms with Gasteiger partial charge in [-0.2, -0.15) is 5.26 Å². The van der Waals surface area contributed by atoms with E-state index in [-0.39, 0.29) is 5.57 Å². The molecule has 14 heavy (non-hydrogen) atoms. The third-order valence-corrected chi connectivity index (χ3v) is 2.84. The summed E-state index contributed by atoms with van der Waals surface area (Å²) in [6, 6.07) is 9.50. The average molecular weight is 202 g/mol. The Kier molecular flexibility index (Phi) is 2.17. The topological polar surface area (TPSA) is 56.9 Å². The van der Waals surface area contributed by atoms with Crippen molar-refractivity contribution in [2.75, 3.05) is 0 Å². The van der Waals surface area contributed by atoms with E-state index >= 15 is 0 Å². The second kappa shape index (κ2) is 3.48. The van der Waals surface area contributed by atoms with Crippen molar-refractivity contribution in [1.82, 2.24) is 4.98 Å². The standard InChI is InChI=1S/C10H6N2OS/c11-5-7(6-13)10-12-8-3-1-2-4-9(8)14-10/h1-4,6,13H. The molecule has 0 amide bonds. The number of aliphatic hydroxyl groups is 1. The summed E-state index contributed by atoms with van der Waals surface area (Å²) in [5.41, 5.74) is 1.05. The number of aromatic nitrogens is 1. The lowest BCUT2D eigenvalue weighted by molar-refractivity contribution is 0.476. The molecular weight excluding hydrogens is 196 g/mol. The molecule has 1 aromatic carbocycles. The maximum Gasteiger partial charge on any atom is 0.138 e. The van der Waals surface area contributed by atoms with Crippen LogP contribution in [0.1, 0.15) is 5.01 Å². The van der Waals surface area contributed by atoms with E-state index in [0.717, 1.165) is 16.5 Å². The van der Waals surface area contributed by atoms with Gasteiger partial charge < -0.3 is 5.11 Å². The van der Waals surface area contributed by atoms with Crippen molar-refractivity contribution in [3.63, 3.8) is 0 Å². The maximum atomic E-state index is 8.79. The molecule has 0 bridgehead atoms. The summed E-state index contributed by atoms with van der Waals surface area (Å²) in [5.74, 6) is 0. The van der Waals surface area contributed by atoms with Gasteiger partial charge in [-0.3, -0.25) is 0 Å². The molecule has 0 aliphatic carbocycles. The van der Waals surface area contributed by atoms with Gasteiger partial charge in [0, 0.05) is 0 Å². The van der Waals surface area contributed by atoms with Crippen LogP contribution in [0.5, 0.6) is 0 Å². The van der Waals surface area contributed by atoms with Crippen LogP contribution in [0.25, 0.3) is 15.8 Å². The van der Waals surface area contributed by atoms with Gasteiger partial charge >= 0.3 is 0 Å². The molecule has 1 aromatic heterocycles. The number of aliphatic hydroxyl groups excluding tert-OH is 1. The van der Waals surface area contributed by atoms with Crippen molar-refractivity contribution < 1.29 is 5.11 Å². The third-order valence-electron chi connectivity index (χ3n) is 1.77. The molecule has 0 saturated carbocycles. The Hall–Kier alpha value is -1.86. The monoisotopic (exact) mass is 202 g/mol. The molecule has 0 fully saturated rings. The Morgan fingerprint density at radius 2 is 2.29 bits per heavy atom. The van der Waals surface area contributed by atoms with Crippen LogP contribution in [0.15, 0.2) is 30.5 Å². The lowest BCUT2D eigenvalue weighted by Crippen LogP contribution is -1.77. The predicted octanol–water partition coefficient (Wildman–Crippen LogP) is 2.72. The number of hydrogen-bond donors (Lipinski definition) is 1. The fourth-order valence-corrected chi connectivity index (χ4v) is 2.04. The van der Waals surface area contributed by atoms with E-state index in [1.54, 1.807) is 0 Å². The van der Waals surface area contributed by atoms with Crippen molar-refractivity contribution in [1.29, 1.82) is 5.26 Å². The molecule has 0 unspecified atom stereocenters. The first-order valence-electron chi connectivity index (χ1n) is 3.95. The number of rotatable bonds is 1. The van der Waals surface area contributed by atoms with Crippen LogP contribution in [0.3, 0.4) is 0 Å². The van der Waals surface area contributed by atoms with Gasteiger partial charge in [0.2, 0.25) is 0 Å². The Labute approximate surface area is 84.6 Å². The molecule has 4 heteroatoms. The lowest BCUT2D eigenvalue weighted by atomic mass is 10.3. The minimum absolute atomic E-state index is 0.200. The minimum atomic E-state index is 0.200. The van der Waals surface area contributed by atoms with Gasteiger partial charge in [-0.25, -0.2) is 4.98 Å². The number of allylic oxidation sites excluding steroid dienone is 1. The summed E-state index contributed by atoms with van der Waals surface area (Å²) in [5, 5.41) is 18.0. The molecule has 0 spiro atoms. The quantitative estimate of drug-likeness (QED) is 0.571. The van der Waals surface area contributed by atoms with E-state index in [4.69, 9.17) is 10.4 Å². The fraction of sp³-hybridized carbons (Fsp3) is 0. The molecule has 0 aliphatic heterocycles. The van der Waals surface area contributed by atoms with Gasteiger partial charge in [0.1, 0.15) is 22.9 Å². The number of nitrogens with zero attached hydrogens (tertiary/aromatic N) is 2. The molecule has 1 N–H and O–H groups in total. The molecule has 2 rings (SSSR count). The number of para-hydroxylation sites is 1. The molecule has 2 aromatic rings. The molecule has 0 atom stereocenters. The van der Waals surface area contributed by atoms with Gasteiger partial charge in [0.25, 0.3) is 0 Å². The van der Waals surface area contributed by atoms with E-state index in [1.807, 2.05) is 30.3 Å². The summed E-state index contributed by atoms with van der Waals surface area (Å²) in [6.07, 6.45) is 0.789. The van der Waals surface area contributed by atoms with Crippen molar-refractivity contribution in [3.05, 3.63) is 35.5 Å². The minimum Gasteiger partial charge on any atom is -0.514 e. The number of thiazole rings is 1. The first kappa shape index (κ1) is 8.73. The molecule has 0 radical (unpaired) electrons. The highest BCUT2D eigenvalue weighted by Gasteiger charge is 2.07. The van der Waals surface area contributed by atoms with Crippen molar-refractivity contribution in [2.24, 2.45) is 0 Å². The maximum absolute atomic E-state index is 8.79. The largest absolute Gasteiger partial charge is 0.514 e. The van der Waals surface area contributed by atoms with Gasteiger partial charge in [-0.15, -0.1) is 11.3 Å². The van der Waals surface area contributed by atoms with Gasteiger partial charge in [0.15, 0.2) is 0 Å². The zero-order valence-electron chi connectivity index (χ0n) is 7.14. The second-order valence-electron chi connectivity index (χ2n) is 2.64. The molecule has 0 saturated heterocycles. The van der Waals surface area contributed by atoms with Crippen molar-refractivity contribution >= 4 is 27.1 Å². The highest BCUT2D eigenvalue weighted by atomic mass is 32.1. The molecule has 1 heterocycles. The second-order valence-corrected chi connectivity index (χ2v) is 3.67. The van der Waals surface area contributed by atoms with Gasteiger partial charge in [-0.1, -0.05) is 12.1 Å².